The Hall–Kier alpha value is -2.65. The maximum absolute atomic E-state index is 12.3. The lowest BCUT2D eigenvalue weighted by Crippen LogP contribution is -2.19. The Bertz CT molecular complexity index is 1130. The van der Waals surface area contributed by atoms with Gasteiger partial charge in [0.15, 0.2) is 5.16 Å². The number of hydrogen-bond acceptors (Lipinski definition) is 8. The van der Waals surface area contributed by atoms with Crippen LogP contribution in [0.4, 0.5) is 0 Å². The highest BCUT2D eigenvalue weighted by Crippen LogP contribution is 2.25. The Balaban J connectivity index is 1.50. The highest BCUT2D eigenvalue weighted by atomic mass is 32.2. The van der Waals surface area contributed by atoms with Gasteiger partial charge in [0.05, 0.1) is 17.7 Å². The van der Waals surface area contributed by atoms with E-state index in [2.05, 4.69) is 15.1 Å². The monoisotopic (exact) mass is 400 g/mol. The fraction of sp³-hybridized carbons (Fsp3) is 0.222. The molecule has 27 heavy (non-hydrogen) atoms. The quantitative estimate of drug-likeness (QED) is 0.360. The number of rotatable bonds is 6. The van der Waals surface area contributed by atoms with Crippen LogP contribution in [0.5, 0.6) is 5.75 Å². The summed E-state index contributed by atoms with van der Waals surface area (Å²) < 4.78 is 12.3. The van der Waals surface area contributed by atoms with Gasteiger partial charge in [0.25, 0.3) is 5.56 Å². The molecule has 0 fully saturated rings. The molecule has 0 amide bonds. The van der Waals surface area contributed by atoms with Gasteiger partial charge in [-0.2, -0.15) is 4.98 Å². The molecule has 0 atom stereocenters. The summed E-state index contributed by atoms with van der Waals surface area (Å²) >= 11 is 2.84. The van der Waals surface area contributed by atoms with Gasteiger partial charge in [-0.1, -0.05) is 16.9 Å². The first kappa shape index (κ1) is 17.7. The average Bonchev–Trinajstić information content (AvgIpc) is 3.34. The molecule has 0 saturated heterocycles. The number of hydrogen-bond donors (Lipinski definition) is 0. The fourth-order valence-electron chi connectivity index (χ4n) is 2.53. The molecular formula is C18H16N4O3S2. The van der Waals surface area contributed by atoms with E-state index in [1.807, 2.05) is 36.6 Å². The van der Waals surface area contributed by atoms with E-state index >= 15 is 0 Å². The van der Waals surface area contributed by atoms with E-state index in [0.29, 0.717) is 34.6 Å². The van der Waals surface area contributed by atoms with E-state index in [1.165, 1.54) is 23.1 Å². The second-order valence-corrected chi connectivity index (χ2v) is 7.49. The van der Waals surface area contributed by atoms with Gasteiger partial charge in [-0.3, -0.25) is 9.36 Å². The maximum Gasteiger partial charge on any atom is 0.262 e. The third-order valence-electron chi connectivity index (χ3n) is 3.88. The van der Waals surface area contributed by atoms with Crippen molar-refractivity contribution in [2.45, 2.75) is 17.8 Å². The lowest BCUT2D eigenvalue weighted by Gasteiger charge is -2.05. The third-order valence-corrected chi connectivity index (χ3v) is 5.70. The van der Waals surface area contributed by atoms with Gasteiger partial charge in [0.1, 0.15) is 10.6 Å². The average molecular weight is 400 g/mol. The molecule has 138 valence electrons. The molecule has 0 unspecified atom stereocenters. The van der Waals surface area contributed by atoms with Crippen molar-refractivity contribution in [3.63, 3.8) is 0 Å². The molecule has 0 bridgehead atoms. The second kappa shape index (κ2) is 7.53. The van der Waals surface area contributed by atoms with Crippen LogP contribution >= 0.6 is 23.1 Å². The Morgan fingerprint density at radius 1 is 1.22 bits per heavy atom. The highest BCUT2D eigenvalue weighted by Gasteiger charge is 2.13. The van der Waals surface area contributed by atoms with Gasteiger partial charge in [0, 0.05) is 12.6 Å². The number of thioether (sulfide) groups is 1. The molecule has 0 N–H and O–H groups in total. The predicted octanol–water partition coefficient (Wildman–Crippen LogP) is 3.74. The van der Waals surface area contributed by atoms with Crippen LogP contribution in [0.3, 0.4) is 0 Å². The SMILES string of the molecule is CCOc1ccc(-c2noc(CSc3nc4sccc4c(=O)n3C)n2)cc1. The molecular weight excluding hydrogens is 384 g/mol. The van der Waals surface area contributed by atoms with Gasteiger partial charge in [-0.05, 0) is 42.6 Å². The fourth-order valence-corrected chi connectivity index (χ4v) is 4.15. The lowest BCUT2D eigenvalue weighted by atomic mass is 10.2. The third kappa shape index (κ3) is 3.60. The Morgan fingerprint density at radius 2 is 2.04 bits per heavy atom. The summed E-state index contributed by atoms with van der Waals surface area (Å²) in [4.78, 5) is 22.0. The van der Waals surface area contributed by atoms with Crippen molar-refractivity contribution in [1.29, 1.82) is 0 Å². The minimum atomic E-state index is -0.0515. The van der Waals surface area contributed by atoms with Crippen molar-refractivity contribution in [2.75, 3.05) is 6.61 Å². The molecule has 3 heterocycles. The van der Waals surface area contributed by atoms with E-state index in [0.717, 1.165) is 16.1 Å². The molecule has 7 nitrogen and oxygen atoms in total. The van der Waals surface area contributed by atoms with Crippen LogP contribution < -0.4 is 10.3 Å². The van der Waals surface area contributed by atoms with Crippen molar-refractivity contribution < 1.29 is 9.26 Å². The van der Waals surface area contributed by atoms with Crippen molar-refractivity contribution in [3.05, 3.63) is 52.0 Å². The molecule has 0 aliphatic carbocycles. The minimum Gasteiger partial charge on any atom is -0.494 e. The lowest BCUT2D eigenvalue weighted by molar-refractivity contribution is 0.340. The van der Waals surface area contributed by atoms with E-state index in [9.17, 15) is 4.79 Å². The first-order valence-corrected chi connectivity index (χ1v) is 10.1. The predicted molar refractivity (Wildman–Crippen MR) is 105 cm³/mol. The van der Waals surface area contributed by atoms with Crippen LogP contribution in [0.15, 0.2) is 50.2 Å². The molecule has 0 saturated carbocycles. The minimum absolute atomic E-state index is 0.0515. The van der Waals surface area contributed by atoms with Crippen LogP contribution in [-0.2, 0) is 12.8 Å². The summed E-state index contributed by atoms with van der Waals surface area (Å²) in [7, 11) is 1.72. The van der Waals surface area contributed by atoms with Gasteiger partial charge in [-0.15, -0.1) is 11.3 Å². The largest absolute Gasteiger partial charge is 0.494 e. The molecule has 0 aliphatic rings. The number of thiophene rings is 1. The van der Waals surface area contributed by atoms with Crippen LogP contribution in [-0.4, -0.2) is 26.3 Å². The van der Waals surface area contributed by atoms with Crippen LogP contribution in [0.1, 0.15) is 12.8 Å². The van der Waals surface area contributed by atoms with Crippen LogP contribution in [0, 0.1) is 0 Å². The topological polar surface area (TPSA) is 83.0 Å². The molecule has 3 aromatic heterocycles. The summed E-state index contributed by atoms with van der Waals surface area (Å²) in [6.07, 6.45) is 0. The van der Waals surface area contributed by atoms with Gasteiger partial charge >= 0.3 is 0 Å². The zero-order chi connectivity index (χ0) is 18.8. The van der Waals surface area contributed by atoms with Crippen molar-refractivity contribution in [2.24, 2.45) is 7.05 Å². The van der Waals surface area contributed by atoms with Gasteiger partial charge in [-0.25, -0.2) is 4.98 Å². The van der Waals surface area contributed by atoms with E-state index in [4.69, 9.17) is 9.26 Å². The summed E-state index contributed by atoms with van der Waals surface area (Å²) in [6, 6.07) is 9.33. The number of fused-ring (bicyclic) bond motifs is 1. The zero-order valence-corrected chi connectivity index (χ0v) is 16.3. The van der Waals surface area contributed by atoms with E-state index in [1.54, 1.807) is 17.7 Å². The Labute approximate surface area is 163 Å². The number of ether oxygens (including phenoxy) is 1. The summed E-state index contributed by atoms with van der Waals surface area (Å²) in [5, 5.41) is 7.16. The summed E-state index contributed by atoms with van der Waals surface area (Å²) in [5.74, 6) is 2.23. The molecule has 0 spiro atoms. The smallest absolute Gasteiger partial charge is 0.262 e. The Kier molecular flexibility index (Phi) is 4.95. The van der Waals surface area contributed by atoms with Crippen molar-refractivity contribution in [1.82, 2.24) is 19.7 Å². The normalized spacial score (nSPS) is 11.2. The first-order chi connectivity index (χ1) is 13.2. The van der Waals surface area contributed by atoms with Crippen molar-refractivity contribution in [3.8, 4) is 17.1 Å². The van der Waals surface area contributed by atoms with Crippen LogP contribution in [0.25, 0.3) is 21.6 Å². The first-order valence-electron chi connectivity index (χ1n) is 8.28. The molecule has 1 aromatic carbocycles. The zero-order valence-electron chi connectivity index (χ0n) is 14.7. The highest BCUT2D eigenvalue weighted by molar-refractivity contribution is 7.98. The van der Waals surface area contributed by atoms with Crippen LogP contribution in [0.2, 0.25) is 0 Å². The number of nitrogens with zero attached hydrogens (tertiary/aromatic N) is 4. The number of aromatic nitrogens is 4. The van der Waals surface area contributed by atoms with E-state index < -0.39 is 0 Å². The molecule has 9 heteroatoms. The van der Waals surface area contributed by atoms with Gasteiger partial charge < -0.3 is 9.26 Å². The van der Waals surface area contributed by atoms with Crippen molar-refractivity contribution >= 4 is 33.3 Å². The summed E-state index contributed by atoms with van der Waals surface area (Å²) in [5.41, 5.74) is 0.799. The molecule has 4 aromatic rings. The number of benzene rings is 1. The second-order valence-electron chi connectivity index (χ2n) is 5.66. The molecule has 4 rings (SSSR count). The van der Waals surface area contributed by atoms with Gasteiger partial charge in [0.2, 0.25) is 11.7 Å². The standard InChI is InChI=1S/C18H16N4O3S2/c1-3-24-12-6-4-11(5-7-12)15-19-14(25-21-15)10-27-18-20-16-13(8-9-26-16)17(23)22(18)2/h4-9H,3,10H2,1-2H3. The molecule has 0 aliphatic heterocycles. The summed E-state index contributed by atoms with van der Waals surface area (Å²) in [6.45, 7) is 2.56. The Morgan fingerprint density at radius 3 is 2.81 bits per heavy atom. The molecule has 0 radical (unpaired) electrons. The maximum atomic E-state index is 12.3. The van der Waals surface area contributed by atoms with E-state index in [-0.39, 0.29) is 5.56 Å².